The van der Waals surface area contributed by atoms with Crippen LogP contribution in [-0.4, -0.2) is 83.2 Å². The van der Waals surface area contributed by atoms with Gasteiger partial charge in [0.1, 0.15) is 5.60 Å². The molecule has 2 spiro atoms. The highest BCUT2D eigenvalue weighted by Crippen LogP contribution is 2.77. The molecule has 7 rings (SSSR count). The fourth-order valence-corrected chi connectivity index (χ4v) is 12.7. The van der Waals surface area contributed by atoms with Crippen LogP contribution in [-0.2, 0) is 9.53 Å². The van der Waals surface area contributed by atoms with Crippen LogP contribution < -0.4 is 11.1 Å². The maximum Gasteiger partial charge on any atom is 0.334 e. The van der Waals surface area contributed by atoms with Gasteiger partial charge in [-0.1, -0.05) is 63.5 Å². The predicted molar refractivity (Wildman–Crippen MR) is 191 cm³/mol. The molecule has 0 aromatic heterocycles. The van der Waals surface area contributed by atoms with Gasteiger partial charge in [-0.15, -0.1) is 0 Å². The average Bonchev–Trinajstić information content (AvgIpc) is 3.46. The highest BCUT2D eigenvalue weighted by Gasteiger charge is 2.76. The maximum atomic E-state index is 13.6. The second-order valence-corrected chi connectivity index (χ2v) is 16.7. The largest absolute Gasteiger partial charge is 0.478 e. The molecule has 3 saturated carbocycles. The van der Waals surface area contributed by atoms with E-state index in [9.17, 15) is 20.1 Å². The molecule has 5 aliphatic carbocycles. The number of aliphatic hydroxyl groups is 2. The van der Waals surface area contributed by atoms with Crippen LogP contribution in [0.4, 0.5) is 0 Å². The highest BCUT2D eigenvalue weighted by molar-refractivity contribution is 5.92. The summed E-state index contributed by atoms with van der Waals surface area (Å²) < 4.78 is 7.32. The van der Waals surface area contributed by atoms with Gasteiger partial charge in [0.2, 0.25) is 0 Å². The summed E-state index contributed by atoms with van der Waals surface area (Å²) in [5, 5.41) is 37.5. The SMILES string of the molecule is CCCCC[C@@]12CC[C@@H]([C@]3(O)C[C@@]45C(=C3C(=O)O)C[C@@H](CC[C@H]4C)[C@@]53CN(C(N)=NC)C=C[C@@H]3CNCCO)O[C@@H]1[C@H]1C=CC=C[C@H]1CC2. The van der Waals surface area contributed by atoms with Crippen molar-refractivity contribution >= 4 is 11.9 Å². The number of unbranched alkanes of at least 4 members (excludes halogenated alkanes) is 2. The average molecular weight is 677 g/mol. The van der Waals surface area contributed by atoms with E-state index in [2.05, 4.69) is 54.5 Å². The van der Waals surface area contributed by atoms with E-state index in [-0.39, 0.29) is 52.8 Å². The maximum absolute atomic E-state index is 13.6. The fraction of sp³-hybridized carbons (Fsp3) is 0.750. The minimum atomic E-state index is -1.60. The number of nitrogens with one attached hydrogen (secondary N) is 1. The van der Waals surface area contributed by atoms with E-state index in [0.29, 0.717) is 50.8 Å². The lowest BCUT2D eigenvalue weighted by Gasteiger charge is -2.61. The van der Waals surface area contributed by atoms with Gasteiger partial charge < -0.3 is 36.0 Å². The van der Waals surface area contributed by atoms with Crippen molar-refractivity contribution in [2.24, 2.45) is 56.6 Å². The Morgan fingerprint density at radius 3 is 2.69 bits per heavy atom. The molecule has 0 unspecified atom stereocenters. The van der Waals surface area contributed by atoms with Crippen LogP contribution in [0.5, 0.6) is 0 Å². The lowest BCUT2D eigenvalue weighted by molar-refractivity contribution is -0.226. The zero-order valence-electron chi connectivity index (χ0n) is 29.9. The van der Waals surface area contributed by atoms with E-state index in [4.69, 9.17) is 10.5 Å². The normalized spacial score (nSPS) is 44.0. The fourth-order valence-electron chi connectivity index (χ4n) is 12.7. The Balaban J connectivity index is 1.31. The van der Waals surface area contributed by atoms with Crippen molar-refractivity contribution in [1.82, 2.24) is 10.2 Å². The van der Waals surface area contributed by atoms with Gasteiger partial charge in [-0.05, 0) is 92.4 Å². The molecular weight excluding hydrogens is 616 g/mol. The van der Waals surface area contributed by atoms with Gasteiger partial charge in [0.25, 0.3) is 0 Å². The number of allylic oxidation sites excluding steroid dienone is 4. The lowest BCUT2D eigenvalue weighted by Crippen LogP contribution is -2.64. The third-order valence-electron chi connectivity index (χ3n) is 14.9. The molecule has 7 aliphatic rings. The number of rotatable bonds is 10. The molecular formula is C40H60N4O5. The van der Waals surface area contributed by atoms with E-state index >= 15 is 0 Å². The Kier molecular flexibility index (Phi) is 9.46. The number of fused-ring (bicyclic) bond motifs is 3. The number of nitrogens with two attached hydrogens (primary N) is 1. The summed E-state index contributed by atoms with van der Waals surface area (Å²) >= 11 is 0. The van der Waals surface area contributed by atoms with Crippen molar-refractivity contribution in [2.75, 3.05) is 33.3 Å². The summed E-state index contributed by atoms with van der Waals surface area (Å²) in [7, 11) is 1.71. The Morgan fingerprint density at radius 1 is 1.14 bits per heavy atom. The lowest BCUT2D eigenvalue weighted by atomic mass is 9.45. The molecule has 0 radical (unpaired) electrons. The van der Waals surface area contributed by atoms with E-state index in [1.165, 1.54) is 19.3 Å². The molecule has 2 aliphatic heterocycles. The first-order valence-electron chi connectivity index (χ1n) is 19.3. The van der Waals surface area contributed by atoms with Crippen LogP contribution >= 0.6 is 0 Å². The Bertz CT molecular complexity index is 1440. The molecule has 6 N–H and O–H groups in total. The van der Waals surface area contributed by atoms with Crippen LogP contribution in [0.3, 0.4) is 0 Å². The number of aliphatic hydroxyl groups excluding tert-OH is 1. The molecule has 1 saturated heterocycles. The molecule has 270 valence electrons. The molecule has 2 bridgehead atoms. The number of aliphatic carboxylic acids is 1. The van der Waals surface area contributed by atoms with E-state index in [0.717, 1.165) is 44.1 Å². The predicted octanol–water partition coefficient (Wildman–Crippen LogP) is 5.16. The molecule has 0 aromatic carbocycles. The monoisotopic (exact) mass is 676 g/mol. The Morgan fingerprint density at radius 2 is 1.94 bits per heavy atom. The van der Waals surface area contributed by atoms with Crippen LogP contribution in [0.15, 0.2) is 52.7 Å². The van der Waals surface area contributed by atoms with Gasteiger partial charge in [0, 0.05) is 49.6 Å². The van der Waals surface area contributed by atoms with Crippen LogP contribution in [0.1, 0.15) is 90.9 Å². The van der Waals surface area contributed by atoms with Crippen molar-refractivity contribution in [3.8, 4) is 0 Å². The van der Waals surface area contributed by atoms with Crippen molar-refractivity contribution in [3.05, 3.63) is 47.7 Å². The van der Waals surface area contributed by atoms with Crippen molar-refractivity contribution < 1.29 is 24.9 Å². The molecule has 0 amide bonds. The summed E-state index contributed by atoms with van der Waals surface area (Å²) in [5.41, 5.74) is 5.22. The zero-order valence-corrected chi connectivity index (χ0v) is 29.9. The molecule has 11 atom stereocenters. The zero-order chi connectivity index (χ0) is 34.6. The molecule has 49 heavy (non-hydrogen) atoms. The second kappa shape index (κ2) is 13.3. The second-order valence-electron chi connectivity index (χ2n) is 16.7. The minimum absolute atomic E-state index is 0.0420. The standard InChI is InChI=1S/C40H60N4O5/c1-4-5-8-16-37-17-13-27-9-6-7-10-30(27)34(37)49-32(14-18-37)40(48)24-38-26(2)11-12-28(22-31(38)33(40)35(46)47)39(38)25-44(36(41)42-3)20-15-29(39)23-43-19-21-45/h6-7,9-10,15,20,26-30,32,34,43,45,48H,4-5,8,11-14,16-19,21-25H2,1-3H3,(H2,41,42)(H,46,47)/t26-,27+,28-,29-,30+,32+,34-,37-,38+,39-,40-/m1/s1. The van der Waals surface area contributed by atoms with Gasteiger partial charge in [-0.3, -0.25) is 4.99 Å². The minimum Gasteiger partial charge on any atom is -0.478 e. The summed E-state index contributed by atoms with van der Waals surface area (Å²) in [6, 6.07) is 0. The number of ether oxygens (including phenoxy) is 1. The first-order chi connectivity index (χ1) is 23.6. The van der Waals surface area contributed by atoms with Gasteiger partial charge in [-0.2, -0.15) is 0 Å². The number of guanidine groups is 1. The smallest absolute Gasteiger partial charge is 0.334 e. The number of aliphatic imine (C=N–C) groups is 1. The number of carbonyl (C=O) groups is 1. The first-order valence-corrected chi connectivity index (χ1v) is 19.3. The number of hydrogen-bond acceptors (Lipinski definition) is 6. The van der Waals surface area contributed by atoms with E-state index < -0.39 is 23.1 Å². The first kappa shape index (κ1) is 35.0. The topological polar surface area (TPSA) is 141 Å². The number of nitrogens with zero attached hydrogens (tertiary/aromatic N) is 2. The Hall–Kier alpha value is -2.46. The summed E-state index contributed by atoms with van der Waals surface area (Å²) in [6.07, 6.45) is 24.2. The summed E-state index contributed by atoms with van der Waals surface area (Å²) in [4.78, 5) is 20.0. The molecule has 2 heterocycles. The van der Waals surface area contributed by atoms with Crippen molar-refractivity contribution in [3.63, 3.8) is 0 Å². The summed E-state index contributed by atoms with van der Waals surface area (Å²) in [6.45, 7) is 6.37. The molecule has 4 fully saturated rings. The van der Waals surface area contributed by atoms with Crippen LogP contribution in [0, 0.1) is 45.8 Å². The van der Waals surface area contributed by atoms with Crippen molar-refractivity contribution in [2.45, 2.75) is 109 Å². The quantitative estimate of drug-likeness (QED) is 0.121. The number of carboxylic acid groups (broad SMARTS) is 1. The third kappa shape index (κ3) is 5.14. The van der Waals surface area contributed by atoms with E-state index in [1.807, 2.05) is 11.1 Å². The van der Waals surface area contributed by atoms with Crippen molar-refractivity contribution in [1.29, 1.82) is 0 Å². The van der Waals surface area contributed by atoms with Crippen LogP contribution in [0.2, 0.25) is 0 Å². The van der Waals surface area contributed by atoms with Crippen LogP contribution in [0.25, 0.3) is 0 Å². The Labute approximate surface area is 292 Å². The highest BCUT2D eigenvalue weighted by atomic mass is 16.5. The van der Waals surface area contributed by atoms with Gasteiger partial charge in [0.15, 0.2) is 5.96 Å². The van der Waals surface area contributed by atoms with Gasteiger partial charge in [0.05, 0.1) is 24.4 Å². The summed E-state index contributed by atoms with van der Waals surface area (Å²) in [5.74, 6) is 0.586. The third-order valence-corrected chi connectivity index (χ3v) is 14.9. The number of hydrogen-bond donors (Lipinski definition) is 5. The molecule has 0 aromatic rings. The molecule has 9 heteroatoms. The van der Waals surface area contributed by atoms with Gasteiger partial charge in [-0.25, -0.2) is 4.79 Å². The van der Waals surface area contributed by atoms with Gasteiger partial charge >= 0.3 is 5.97 Å². The number of carboxylic acids is 1. The molecule has 9 nitrogen and oxygen atoms in total. The van der Waals surface area contributed by atoms with E-state index in [1.54, 1.807) is 7.05 Å².